The summed E-state index contributed by atoms with van der Waals surface area (Å²) in [5.41, 5.74) is 7.72. The number of nitrogen functional groups attached to an aromatic ring is 1. The molecule has 0 unspecified atom stereocenters. The van der Waals surface area contributed by atoms with Crippen molar-refractivity contribution in [2.75, 3.05) is 19.4 Å². The van der Waals surface area contributed by atoms with Gasteiger partial charge in [0.05, 0.1) is 24.2 Å². The second kappa shape index (κ2) is 5.33. The van der Waals surface area contributed by atoms with Gasteiger partial charge >= 0.3 is 5.97 Å². The first-order valence-electron chi connectivity index (χ1n) is 5.08. The van der Waals surface area contributed by atoms with E-state index >= 15 is 0 Å². The number of methoxy groups -OCH3 is 1. The Hall–Kier alpha value is -2.05. The SMILES string of the molecule is COC(=O)CNC(=O)Cn1nc(C)c(N)c1C. The van der Waals surface area contributed by atoms with Crippen LogP contribution >= 0.6 is 0 Å². The Balaban J connectivity index is 2.56. The number of hydrogen-bond acceptors (Lipinski definition) is 5. The molecule has 0 saturated heterocycles. The Morgan fingerprint density at radius 3 is 2.59 bits per heavy atom. The molecule has 0 fully saturated rings. The van der Waals surface area contributed by atoms with Crippen molar-refractivity contribution in [2.24, 2.45) is 0 Å². The molecule has 7 heteroatoms. The monoisotopic (exact) mass is 240 g/mol. The molecule has 17 heavy (non-hydrogen) atoms. The van der Waals surface area contributed by atoms with E-state index in [0.29, 0.717) is 11.4 Å². The normalized spacial score (nSPS) is 10.1. The number of ether oxygens (including phenoxy) is 1. The predicted octanol–water partition coefficient (Wildman–Crippen LogP) is -0.629. The average Bonchev–Trinajstić information content (AvgIpc) is 2.54. The van der Waals surface area contributed by atoms with Crippen LogP contribution in [0.15, 0.2) is 0 Å². The zero-order valence-corrected chi connectivity index (χ0v) is 10.1. The minimum absolute atomic E-state index is 0.0286. The number of rotatable bonds is 4. The molecule has 0 atom stereocenters. The molecule has 1 aromatic heterocycles. The fourth-order valence-corrected chi connectivity index (χ4v) is 1.30. The van der Waals surface area contributed by atoms with Gasteiger partial charge in [-0.05, 0) is 13.8 Å². The third-order valence-electron chi connectivity index (χ3n) is 2.39. The third kappa shape index (κ3) is 3.20. The van der Waals surface area contributed by atoms with Gasteiger partial charge in [0.25, 0.3) is 0 Å². The summed E-state index contributed by atoms with van der Waals surface area (Å²) in [7, 11) is 1.26. The van der Waals surface area contributed by atoms with Crippen molar-refractivity contribution in [1.29, 1.82) is 0 Å². The summed E-state index contributed by atoms with van der Waals surface area (Å²) in [6.07, 6.45) is 0. The topological polar surface area (TPSA) is 99.2 Å². The quantitative estimate of drug-likeness (QED) is 0.683. The van der Waals surface area contributed by atoms with Crippen LogP contribution in [0.25, 0.3) is 0 Å². The van der Waals surface area contributed by atoms with E-state index in [-0.39, 0.29) is 19.0 Å². The molecule has 0 aromatic carbocycles. The van der Waals surface area contributed by atoms with Gasteiger partial charge in [0.2, 0.25) is 5.91 Å². The Morgan fingerprint density at radius 1 is 1.47 bits per heavy atom. The summed E-state index contributed by atoms with van der Waals surface area (Å²) >= 11 is 0. The lowest BCUT2D eigenvalue weighted by Crippen LogP contribution is -2.33. The molecule has 1 heterocycles. The number of carbonyl (C=O) groups excluding carboxylic acids is 2. The van der Waals surface area contributed by atoms with Crippen LogP contribution in [0.3, 0.4) is 0 Å². The van der Waals surface area contributed by atoms with Gasteiger partial charge in [0.15, 0.2) is 0 Å². The Bertz CT molecular complexity index is 439. The highest BCUT2D eigenvalue weighted by Gasteiger charge is 2.12. The Morgan fingerprint density at radius 2 is 2.12 bits per heavy atom. The molecule has 0 bridgehead atoms. The van der Waals surface area contributed by atoms with Crippen molar-refractivity contribution in [1.82, 2.24) is 15.1 Å². The first-order chi connectivity index (χ1) is 7.95. The first-order valence-corrected chi connectivity index (χ1v) is 5.08. The first kappa shape index (κ1) is 13.0. The number of nitrogens with one attached hydrogen (secondary N) is 1. The third-order valence-corrected chi connectivity index (χ3v) is 2.39. The number of aromatic nitrogens is 2. The molecule has 0 spiro atoms. The van der Waals surface area contributed by atoms with E-state index in [4.69, 9.17) is 5.73 Å². The maximum atomic E-state index is 11.5. The molecular weight excluding hydrogens is 224 g/mol. The largest absolute Gasteiger partial charge is 0.468 e. The standard InChI is InChI=1S/C10H16N4O3/c1-6-10(11)7(2)14(13-6)5-8(15)12-4-9(16)17-3/h4-5,11H2,1-3H3,(H,12,15). The molecule has 0 aliphatic heterocycles. The number of esters is 1. The van der Waals surface area contributed by atoms with Crippen LogP contribution in [-0.4, -0.2) is 35.3 Å². The fraction of sp³-hybridized carbons (Fsp3) is 0.500. The Kier molecular flexibility index (Phi) is 4.08. The lowest BCUT2D eigenvalue weighted by atomic mass is 10.3. The molecule has 0 saturated carbocycles. The smallest absolute Gasteiger partial charge is 0.325 e. The van der Waals surface area contributed by atoms with E-state index in [1.54, 1.807) is 13.8 Å². The second-order valence-corrected chi connectivity index (χ2v) is 3.60. The highest BCUT2D eigenvalue weighted by atomic mass is 16.5. The second-order valence-electron chi connectivity index (χ2n) is 3.60. The van der Waals surface area contributed by atoms with Crippen LogP contribution in [-0.2, 0) is 20.9 Å². The summed E-state index contributed by atoms with van der Waals surface area (Å²) in [4.78, 5) is 22.3. The fourth-order valence-electron chi connectivity index (χ4n) is 1.30. The lowest BCUT2D eigenvalue weighted by molar-refractivity contribution is -0.141. The van der Waals surface area contributed by atoms with E-state index in [0.717, 1.165) is 5.69 Å². The zero-order chi connectivity index (χ0) is 13.0. The molecular formula is C10H16N4O3. The van der Waals surface area contributed by atoms with Crippen LogP contribution in [0, 0.1) is 13.8 Å². The minimum atomic E-state index is -0.494. The van der Waals surface area contributed by atoms with Crippen LogP contribution < -0.4 is 11.1 Å². The van der Waals surface area contributed by atoms with Crippen LogP contribution in [0.1, 0.15) is 11.4 Å². The highest BCUT2D eigenvalue weighted by Crippen LogP contribution is 2.14. The number of carbonyl (C=O) groups is 2. The van der Waals surface area contributed by atoms with Crippen molar-refractivity contribution in [3.63, 3.8) is 0 Å². The average molecular weight is 240 g/mol. The minimum Gasteiger partial charge on any atom is -0.468 e. The summed E-state index contributed by atoms with van der Waals surface area (Å²) < 4.78 is 5.90. The van der Waals surface area contributed by atoms with Gasteiger partial charge in [-0.2, -0.15) is 5.10 Å². The van der Waals surface area contributed by atoms with Gasteiger partial charge in [-0.25, -0.2) is 0 Å². The maximum absolute atomic E-state index is 11.5. The number of nitrogens with zero attached hydrogens (tertiary/aromatic N) is 2. The van der Waals surface area contributed by atoms with Crippen molar-refractivity contribution < 1.29 is 14.3 Å². The van der Waals surface area contributed by atoms with Gasteiger partial charge in [0, 0.05) is 0 Å². The molecule has 94 valence electrons. The van der Waals surface area contributed by atoms with Crippen molar-refractivity contribution in [3.05, 3.63) is 11.4 Å². The van der Waals surface area contributed by atoms with Crippen molar-refractivity contribution in [2.45, 2.75) is 20.4 Å². The van der Waals surface area contributed by atoms with Gasteiger partial charge in [-0.1, -0.05) is 0 Å². The molecule has 7 nitrogen and oxygen atoms in total. The molecule has 1 aromatic rings. The van der Waals surface area contributed by atoms with Crippen LogP contribution in [0.4, 0.5) is 5.69 Å². The lowest BCUT2D eigenvalue weighted by Gasteiger charge is -2.05. The molecule has 3 N–H and O–H groups in total. The van der Waals surface area contributed by atoms with Gasteiger partial charge in [0.1, 0.15) is 13.1 Å². The van der Waals surface area contributed by atoms with Gasteiger partial charge < -0.3 is 15.8 Å². The number of aryl methyl sites for hydroxylation is 1. The van der Waals surface area contributed by atoms with Crippen molar-refractivity contribution >= 4 is 17.6 Å². The van der Waals surface area contributed by atoms with Gasteiger partial charge in [-0.3, -0.25) is 14.3 Å². The highest BCUT2D eigenvalue weighted by molar-refractivity contribution is 5.81. The maximum Gasteiger partial charge on any atom is 0.325 e. The summed E-state index contributed by atoms with van der Waals surface area (Å²) in [6, 6.07) is 0. The number of anilines is 1. The van der Waals surface area contributed by atoms with Crippen LogP contribution in [0.2, 0.25) is 0 Å². The van der Waals surface area contributed by atoms with Crippen molar-refractivity contribution in [3.8, 4) is 0 Å². The summed E-state index contributed by atoms with van der Waals surface area (Å²) in [5, 5.41) is 6.53. The molecule has 0 aliphatic carbocycles. The molecule has 1 amide bonds. The Labute approximate surface area is 98.9 Å². The van der Waals surface area contributed by atoms with Gasteiger partial charge in [-0.15, -0.1) is 0 Å². The summed E-state index contributed by atoms with van der Waals surface area (Å²) in [5.74, 6) is -0.813. The predicted molar refractivity (Wildman–Crippen MR) is 61.1 cm³/mol. The molecule has 0 aliphatic rings. The number of amides is 1. The van der Waals surface area contributed by atoms with E-state index in [9.17, 15) is 9.59 Å². The number of nitrogens with two attached hydrogens (primary N) is 1. The molecule has 1 rings (SSSR count). The molecule has 0 radical (unpaired) electrons. The van der Waals surface area contributed by atoms with E-state index in [1.807, 2.05) is 0 Å². The summed E-state index contributed by atoms with van der Waals surface area (Å²) in [6.45, 7) is 3.43. The zero-order valence-electron chi connectivity index (χ0n) is 10.1. The van der Waals surface area contributed by atoms with Crippen LogP contribution in [0.5, 0.6) is 0 Å². The van der Waals surface area contributed by atoms with E-state index in [2.05, 4.69) is 15.2 Å². The van der Waals surface area contributed by atoms with E-state index < -0.39 is 5.97 Å². The van der Waals surface area contributed by atoms with E-state index in [1.165, 1.54) is 11.8 Å². The number of hydrogen-bond donors (Lipinski definition) is 2.